The number of anilines is 1. The van der Waals surface area contributed by atoms with E-state index in [-0.39, 0.29) is 24.1 Å². The minimum atomic E-state index is -0.343. The van der Waals surface area contributed by atoms with Gasteiger partial charge in [0.2, 0.25) is 17.6 Å². The molecule has 1 saturated heterocycles. The summed E-state index contributed by atoms with van der Waals surface area (Å²) in [7, 11) is 1.57. The van der Waals surface area contributed by atoms with Crippen LogP contribution in [0.5, 0.6) is 11.5 Å². The third-order valence-corrected chi connectivity index (χ3v) is 4.78. The molecule has 0 radical (unpaired) electrons. The maximum atomic E-state index is 13.1. The number of benzene rings is 2. The lowest BCUT2D eigenvalue weighted by atomic mass is 10.1. The number of ether oxygens (including phenoxy) is 2. The first-order valence-corrected chi connectivity index (χ1v) is 9.29. The molecule has 0 aliphatic carbocycles. The number of aromatic nitrogens is 2. The van der Waals surface area contributed by atoms with Gasteiger partial charge < -0.3 is 18.9 Å². The lowest BCUT2D eigenvalue weighted by molar-refractivity contribution is -0.117. The highest BCUT2D eigenvalue weighted by Crippen LogP contribution is 2.34. The summed E-state index contributed by atoms with van der Waals surface area (Å²) in [6.45, 7) is 2.83. The van der Waals surface area contributed by atoms with Crippen LogP contribution in [0.4, 0.5) is 10.1 Å². The molecule has 0 bridgehead atoms. The Bertz CT molecular complexity index is 1020. The number of rotatable bonds is 6. The van der Waals surface area contributed by atoms with Crippen LogP contribution in [0, 0.1) is 5.82 Å². The van der Waals surface area contributed by atoms with Gasteiger partial charge in [0.05, 0.1) is 19.6 Å². The minimum absolute atomic E-state index is 0.0657. The third-order valence-electron chi connectivity index (χ3n) is 4.78. The average Bonchev–Trinajstić information content (AvgIpc) is 3.36. The molecule has 1 aliphatic rings. The third kappa shape index (κ3) is 3.78. The van der Waals surface area contributed by atoms with Crippen LogP contribution in [0.25, 0.3) is 11.4 Å². The maximum Gasteiger partial charge on any atom is 0.232 e. The number of hydrogen-bond acceptors (Lipinski definition) is 6. The second-order valence-corrected chi connectivity index (χ2v) is 6.64. The van der Waals surface area contributed by atoms with E-state index in [0.717, 1.165) is 5.56 Å². The summed E-state index contributed by atoms with van der Waals surface area (Å²) in [5.74, 6) is 1.39. The predicted octanol–water partition coefficient (Wildman–Crippen LogP) is 3.80. The lowest BCUT2D eigenvalue weighted by Gasteiger charge is -2.15. The second-order valence-electron chi connectivity index (χ2n) is 6.64. The van der Waals surface area contributed by atoms with E-state index in [1.807, 2.05) is 13.0 Å². The van der Waals surface area contributed by atoms with Gasteiger partial charge in [-0.15, -0.1) is 0 Å². The number of carbonyl (C=O) groups excluding carboxylic acids is 1. The van der Waals surface area contributed by atoms with Gasteiger partial charge in [-0.1, -0.05) is 5.16 Å². The predicted molar refractivity (Wildman–Crippen MR) is 104 cm³/mol. The standard InChI is InChI=1S/C21H20FN3O4/c1-3-28-17-9-4-13(10-18(17)27-2)20-23-21(29-24-20)14-11-19(26)25(12-14)16-7-5-15(22)6-8-16/h4-10,14H,3,11-12H2,1-2H3. The highest BCUT2D eigenvalue weighted by molar-refractivity contribution is 5.96. The van der Waals surface area contributed by atoms with Crippen molar-refractivity contribution in [2.24, 2.45) is 0 Å². The molecule has 2 heterocycles. The van der Waals surface area contributed by atoms with Crippen molar-refractivity contribution in [3.63, 3.8) is 0 Å². The quantitative estimate of drug-likeness (QED) is 0.630. The molecule has 0 spiro atoms. The summed E-state index contributed by atoms with van der Waals surface area (Å²) < 4.78 is 29.5. The van der Waals surface area contributed by atoms with Gasteiger partial charge in [0.25, 0.3) is 0 Å². The zero-order chi connectivity index (χ0) is 20.4. The fraction of sp³-hybridized carbons (Fsp3) is 0.286. The van der Waals surface area contributed by atoms with Crippen molar-refractivity contribution in [2.75, 3.05) is 25.2 Å². The molecule has 1 unspecified atom stereocenters. The Morgan fingerprint density at radius 2 is 2.00 bits per heavy atom. The number of methoxy groups -OCH3 is 1. The van der Waals surface area contributed by atoms with E-state index in [0.29, 0.717) is 42.1 Å². The van der Waals surface area contributed by atoms with Gasteiger partial charge in [-0.25, -0.2) is 4.39 Å². The molecule has 150 valence electrons. The molecule has 29 heavy (non-hydrogen) atoms. The van der Waals surface area contributed by atoms with Gasteiger partial charge in [0.15, 0.2) is 11.5 Å². The second kappa shape index (κ2) is 7.90. The zero-order valence-electron chi connectivity index (χ0n) is 16.1. The van der Waals surface area contributed by atoms with E-state index in [1.54, 1.807) is 36.3 Å². The van der Waals surface area contributed by atoms with Crippen LogP contribution in [0.2, 0.25) is 0 Å². The van der Waals surface area contributed by atoms with Crippen LogP contribution in [0.3, 0.4) is 0 Å². The topological polar surface area (TPSA) is 77.7 Å². The van der Waals surface area contributed by atoms with E-state index < -0.39 is 0 Å². The summed E-state index contributed by atoms with van der Waals surface area (Å²) in [5.41, 5.74) is 1.37. The van der Waals surface area contributed by atoms with Crippen molar-refractivity contribution in [3.8, 4) is 22.9 Å². The van der Waals surface area contributed by atoms with E-state index in [1.165, 1.54) is 12.1 Å². The summed E-state index contributed by atoms with van der Waals surface area (Å²) in [5, 5.41) is 4.05. The van der Waals surface area contributed by atoms with Crippen LogP contribution in [0.1, 0.15) is 25.2 Å². The summed E-state index contributed by atoms with van der Waals surface area (Å²) in [6, 6.07) is 11.2. The smallest absolute Gasteiger partial charge is 0.232 e. The molecular weight excluding hydrogens is 377 g/mol. The highest BCUT2D eigenvalue weighted by Gasteiger charge is 2.35. The summed E-state index contributed by atoms with van der Waals surface area (Å²) >= 11 is 0. The molecule has 1 amide bonds. The Balaban J connectivity index is 1.54. The minimum Gasteiger partial charge on any atom is -0.493 e. The molecule has 8 heteroatoms. The van der Waals surface area contributed by atoms with Gasteiger partial charge in [-0.3, -0.25) is 4.79 Å². The van der Waals surface area contributed by atoms with Crippen molar-refractivity contribution >= 4 is 11.6 Å². The van der Waals surface area contributed by atoms with Gasteiger partial charge in [-0.05, 0) is 49.4 Å². The molecule has 0 N–H and O–H groups in total. The fourth-order valence-corrected chi connectivity index (χ4v) is 3.34. The molecule has 1 aliphatic heterocycles. The molecule has 4 rings (SSSR count). The average molecular weight is 397 g/mol. The number of halogens is 1. The highest BCUT2D eigenvalue weighted by atomic mass is 19.1. The Morgan fingerprint density at radius 3 is 2.72 bits per heavy atom. The van der Waals surface area contributed by atoms with E-state index in [4.69, 9.17) is 14.0 Å². The van der Waals surface area contributed by atoms with Gasteiger partial charge in [0.1, 0.15) is 5.82 Å². The van der Waals surface area contributed by atoms with E-state index >= 15 is 0 Å². The van der Waals surface area contributed by atoms with Crippen LogP contribution in [-0.2, 0) is 4.79 Å². The van der Waals surface area contributed by atoms with Gasteiger partial charge in [-0.2, -0.15) is 4.98 Å². The molecule has 1 fully saturated rings. The number of hydrogen-bond donors (Lipinski definition) is 0. The first-order chi connectivity index (χ1) is 14.1. The van der Waals surface area contributed by atoms with Crippen LogP contribution in [-0.4, -0.2) is 36.3 Å². The normalized spacial score (nSPS) is 16.3. The first kappa shape index (κ1) is 18.9. The number of carbonyl (C=O) groups is 1. The van der Waals surface area contributed by atoms with Crippen molar-refractivity contribution in [2.45, 2.75) is 19.3 Å². The lowest BCUT2D eigenvalue weighted by Crippen LogP contribution is -2.24. The number of amides is 1. The van der Waals surface area contributed by atoms with E-state index in [9.17, 15) is 9.18 Å². The van der Waals surface area contributed by atoms with Gasteiger partial charge in [0, 0.05) is 24.2 Å². The molecule has 0 saturated carbocycles. The van der Waals surface area contributed by atoms with Crippen LogP contribution in [0.15, 0.2) is 47.0 Å². The monoisotopic (exact) mass is 397 g/mol. The fourth-order valence-electron chi connectivity index (χ4n) is 3.34. The van der Waals surface area contributed by atoms with E-state index in [2.05, 4.69) is 10.1 Å². The molecule has 7 nitrogen and oxygen atoms in total. The van der Waals surface area contributed by atoms with Crippen molar-refractivity contribution in [1.29, 1.82) is 0 Å². The van der Waals surface area contributed by atoms with Gasteiger partial charge >= 0.3 is 0 Å². The summed E-state index contributed by atoms with van der Waals surface area (Å²) in [6.07, 6.45) is 0.256. The zero-order valence-corrected chi connectivity index (χ0v) is 16.1. The first-order valence-electron chi connectivity index (χ1n) is 9.29. The van der Waals surface area contributed by atoms with Crippen LogP contribution < -0.4 is 14.4 Å². The Kier molecular flexibility index (Phi) is 5.16. The Morgan fingerprint density at radius 1 is 1.21 bits per heavy atom. The maximum absolute atomic E-state index is 13.1. The van der Waals surface area contributed by atoms with Crippen molar-refractivity contribution < 1.29 is 23.2 Å². The number of nitrogens with zero attached hydrogens (tertiary/aromatic N) is 3. The van der Waals surface area contributed by atoms with Crippen LogP contribution >= 0.6 is 0 Å². The molecule has 3 aromatic rings. The van der Waals surface area contributed by atoms with Crippen molar-refractivity contribution in [1.82, 2.24) is 10.1 Å². The molecule has 1 aromatic heterocycles. The van der Waals surface area contributed by atoms with Crippen molar-refractivity contribution in [3.05, 3.63) is 54.2 Å². The molecular formula is C21H20FN3O4. The molecule has 2 aromatic carbocycles. The Hall–Kier alpha value is -3.42. The Labute approximate surface area is 167 Å². The molecule has 1 atom stereocenters. The largest absolute Gasteiger partial charge is 0.493 e. The summed E-state index contributed by atoms with van der Waals surface area (Å²) in [4.78, 5) is 18.5. The SMILES string of the molecule is CCOc1ccc(-c2noc(C3CC(=O)N(c4ccc(F)cc4)C3)n2)cc1OC.